The van der Waals surface area contributed by atoms with Crippen molar-refractivity contribution in [3.05, 3.63) is 23.8 Å². The Morgan fingerprint density at radius 3 is 2.88 bits per heavy atom. The summed E-state index contributed by atoms with van der Waals surface area (Å²) < 4.78 is 1.90. The van der Waals surface area contributed by atoms with Crippen LogP contribution >= 0.6 is 0 Å². The summed E-state index contributed by atoms with van der Waals surface area (Å²) in [7, 11) is 3.61. The van der Waals surface area contributed by atoms with Gasteiger partial charge in [0.2, 0.25) is 5.95 Å². The predicted molar refractivity (Wildman–Crippen MR) is 66.4 cm³/mol. The van der Waals surface area contributed by atoms with Gasteiger partial charge in [0.15, 0.2) is 0 Å². The third-order valence-electron chi connectivity index (χ3n) is 2.73. The van der Waals surface area contributed by atoms with Crippen molar-refractivity contribution in [2.45, 2.75) is 6.92 Å². The van der Waals surface area contributed by atoms with Crippen LogP contribution in [-0.4, -0.2) is 34.2 Å². The number of carboxylic acid groups (broad SMARTS) is 1. The van der Waals surface area contributed by atoms with Crippen molar-refractivity contribution in [1.29, 1.82) is 0 Å². The van der Waals surface area contributed by atoms with Crippen molar-refractivity contribution in [1.82, 2.24) is 9.55 Å². The minimum absolute atomic E-state index is 0.0594. The minimum Gasteiger partial charge on any atom is -0.480 e. The van der Waals surface area contributed by atoms with E-state index in [1.165, 1.54) is 0 Å². The number of hydrogen-bond donors (Lipinski definition) is 1. The molecule has 17 heavy (non-hydrogen) atoms. The molecule has 1 aromatic carbocycles. The Hall–Kier alpha value is -2.04. The maximum absolute atomic E-state index is 10.7. The highest BCUT2D eigenvalue weighted by atomic mass is 16.4. The van der Waals surface area contributed by atoms with E-state index in [9.17, 15) is 4.79 Å². The quantitative estimate of drug-likeness (QED) is 0.870. The van der Waals surface area contributed by atoms with Gasteiger partial charge in [-0.2, -0.15) is 0 Å². The fourth-order valence-electron chi connectivity index (χ4n) is 1.91. The summed E-state index contributed by atoms with van der Waals surface area (Å²) >= 11 is 0. The molecule has 2 aromatic rings. The molecular weight excluding hydrogens is 218 g/mol. The first kappa shape index (κ1) is 11.4. The van der Waals surface area contributed by atoms with E-state index in [0.29, 0.717) is 5.95 Å². The van der Waals surface area contributed by atoms with Crippen LogP contribution in [0.3, 0.4) is 0 Å². The van der Waals surface area contributed by atoms with Gasteiger partial charge in [-0.05, 0) is 24.6 Å². The minimum atomic E-state index is -0.865. The standard InChI is InChI=1S/C12H15N3O2/c1-8-4-5-10-9(6-8)13-12(15(10)3)14(2)7-11(16)17/h4-6H,7H2,1-3H3,(H,16,17). The van der Waals surface area contributed by atoms with Crippen LogP contribution in [0.25, 0.3) is 11.0 Å². The van der Waals surface area contributed by atoms with Crippen LogP contribution in [-0.2, 0) is 11.8 Å². The predicted octanol–water partition coefficient (Wildman–Crippen LogP) is 1.40. The molecule has 1 aromatic heterocycles. The first-order valence-corrected chi connectivity index (χ1v) is 5.35. The molecule has 0 saturated heterocycles. The lowest BCUT2D eigenvalue weighted by molar-refractivity contribution is -0.135. The molecule has 0 spiro atoms. The number of anilines is 1. The van der Waals surface area contributed by atoms with Crippen LogP contribution in [0.4, 0.5) is 5.95 Å². The number of rotatable bonds is 3. The third kappa shape index (κ3) is 2.08. The van der Waals surface area contributed by atoms with Gasteiger partial charge in [0.25, 0.3) is 0 Å². The van der Waals surface area contributed by atoms with Gasteiger partial charge in [-0.15, -0.1) is 0 Å². The molecule has 0 aliphatic carbocycles. The molecule has 0 amide bonds. The van der Waals surface area contributed by atoms with Crippen molar-refractivity contribution < 1.29 is 9.90 Å². The monoisotopic (exact) mass is 233 g/mol. The molecular formula is C12H15N3O2. The van der Waals surface area contributed by atoms with Crippen molar-refractivity contribution in [3.8, 4) is 0 Å². The molecule has 2 rings (SSSR count). The van der Waals surface area contributed by atoms with Crippen LogP contribution < -0.4 is 4.90 Å². The van der Waals surface area contributed by atoms with Crippen LogP contribution in [0.1, 0.15) is 5.56 Å². The van der Waals surface area contributed by atoms with Crippen molar-refractivity contribution in [3.63, 3.8) is 0 Å². The summed E-state index contributed by atoms with van der Waals surface area (Å²) in [5, 5.41) is 8.78. The number of aliphatic carboxylic acids is 1. The number of hydrogen-bond acceptors (Lipinski definition) is 3. The fourth-order valence-corrected chi connectivity index (χ4v) is 1.91. The van der Waals surface area contributed by atoms with E-state index in [-0.39, 0.29) is 6.54 Å². The number of likely N-dealkylation sites (N-methyl/N-ethyl adjacent to an activating group) is 1. The van der Waals surface area contributed by atoms with Gasteiger partial charge in [-0.25, -0.2) is 4.98 Å². The van der Waals surface area contributed by atoms with Gasteiger partial charge in [-0.1, -0.05) is 6.07 Å². The van der Waals surface area contributed by atoms with Crippen molar-refractivity contribution in [2.75, 3.05) is 18.5 Å². The van der Waals surface area contributed by atoms with Gasteiger partial charge in [0.05, 0.1) is 11.0 Å². The molecule has 0 atom stereocenters. The number of benzene rings is 1. The highest BCUT2D eigenvalue weighted by molar-refractivity contribution is 5.80. The van der Waals surface area contributed by atoms with Gasteiger partial charge < -0.3 is 14.6 Å². The average Bonchev–Trinajstić information content (AvgIpc) is 2.54. The molecule has 0 aliphatic heterocycles. The smallest absolute Gasteiger partial charge is 0.323 e. The summed E-state index contributed by atoms with van der Waals surface area (Å²) in [6.45, 7) is 1.95. The number of nitrogens with zero attached hydrogens (tertiary/aromatic N) is 3. The fraction of sp³-hybridized carbons (Fsp3) is 0.333. The Kier molecular flexibility index (Phi) is 2.75. The molecule has 5 nitrogen and oxygen atoms in total. The zero-order valence-electron chi connectivity index (χ0n) is 10.1. The van der Waals surface area contributed by atoms with Gasteiger partial charge in [0, 0.05) is 14.1 Å². The lowest BCUT2D eigenvalue weighted by Crippen LogP contribution is -2.27. The summed E-state index contributed by atoms with van der Waals surface area (Å²) in [6, 6.07) is 6.01. The van der Waals surface area contributed by atoms with Gasteiger partial charge in [-0.3, -0.25) is 4.79 Å². The van der Waals surface area contributed by atoms with Crippen LogP contribution in [0.5, 0.6) is 0 Å². The third-order valence-corrected chi connectivity index (χ3v) is 2.73. The highest BCUT2D eigenvalue weighted by Crippen LogP contribution is 2.21. The number of aromatic nitrogens is 2. The summed E-state index contributed by atoms with van der Waals surface area (Å²) in [5.41, 5.74) is 3.03. The molecule has 0 unspecified atom stereocenters. The van der Waals surface area contributed by atoms with E-state index < -0.39 is 5.97 Å². The Labute approximate surface area is 99.3 Å². The average molecular weight is 233 g/mol. The van der Waals surface area contributed by atoms with Crippen molar-refractivity contribution >= 4 is 23.0 Å². The van der Waals surface area contributed by atoms with E-state index in [4.69, 9.17) is 5.11 Å². The molecule has 0 aliphatic rings. The lowest BCUT2D eigenvalue weighted by atomic mass is 10.2. The highest BCUT2D eigenvalue weighted by Gasteiger charge is 2.13. The topological polar surface area (TPSA) is 58.4 Å². The number of carbonyl (C=O) groups is 1. The summed E-state index contributed by atoms with van der Waals surface area (Å²) in [4.78, 5) is 16.8. The molecule has 1 heterocycles. The first-order valence-electron chi connectivity index (χ1n) is 5.35. The molecule has 0 bridgehead atoms. The maximum atomic E-state index is 10.7. The Morgan fingerprint density at radius 2 is 2.24 bits per heavy atom. The van der Waals surface area contributed by atoms with E-state index >= 15 is 0 Å². The van der Waals surface area contributed by atoms with Crippen LogP contribution in [0.15, 0.2) is 18.2 Å². The second-order valence-corrected chi connectivity index (χ2v) is 4.21. The van der Waals surface area contributed by atoms with Crippen LogP contribution in [0, 0.1) is 6.92 Å². The van der Waals surface area contributed by atoms with Crippen LogP contribution in [0.2, 0.25) is 0 Å². The summed E-state index contributed by atoms with van der Waals surface area (Å²) in [6.07, 6.45) is 0. The zero-order chi connectivity index (χ0) is 12.6. The SMILES string of the molecule is Cc1ccc2c(c1)nc(N(C)CC(=O)O)n2C. The van der Waals surface area contributed by atoms with E-state index in [2.05, 4.69) is 4.98 Å². The second kappa shape index (κ2) is 4.08. The molecule has 1 N–H and O–H groups in total. The Morgan fingerprint density at radius 1 is 1.53 bits per heavy atom. The first-order chi connectivity index (χ1) is 7.99. The largest absolute Gasteiger partial charge is 0.480 e. The Balaban J connectivity index is 2.48. The molecule has 0 saturated carbocycles. The number of carboxylic acids is 1. The number of fused-ring (bicyclic) bond motifs is 1. The number of aryl methyl sites for hydroxylation is 2. The van der Waals surface area contributed by atoms with E-state index in [0.717, 1.165) is 16.6 Å². The molecule has 0 radical (unpaired) electrons. The second-order valence-electron chi connectivity index (χ2n) is 4.21. The normalized spacial score (nSPS) is 10.8. The van der Waals surface area contributed by atoms with E-state index in [1.807, 2.05) is 36.7 Å². The lowest BCUT2D eigenvalue weighted by Gasteiger charge is -2.15. The number of imidazole rings is 1. The zero-order valence-corrected chi connectivity index (χ0v) is 10.1. The van der Waals surface area contributed by atoms with E-state index in [1.54, 1.807) is 11.9 Å². The van der Waals surface area contributed by atoms with Gasteiger partial charge >= 0.3 is 5.97 Å². The maximum Gasteiger partial charge on any atom is 0.323 e. The van der Waals surface area contributed by atoms with Crippen molar-refractivity contribution in [2.24, 2.45) is 7.05 Å². The van der Waals surface area contributed by atoms with Gasteiger partial charge in [0.1, 0.15) is 6.54 Å². The molecule has 0 fully saturated rings. The summed E-state index contributed by atoms with van der Waals surface area (Å²) in [5.74, 6) is -0.205. The Bertz CT molecular complexity index is 574. The molecule has 5 heteroatoms. The molecule has 90 valence electrons.